The highest BCUT2D eigenvalue weighted by Crippen LogP contribution is 2.30. The Hall–Kier alpha value is -0.570. The van der Waals surface area contributed by atoms with Gasteiger partial charge in [0.1, 0.15) is 0 Å². The van der Waals surface area contributed by atoms with Gasteiger partial charge in [0.05, 0.1) is 6.61 Å². The number of benzene rings is 1. The second kappa shape index (κ2) is 4.30. The van der Waals surface area contributed by atoms with Gasteiger partial charge in [-0.2, -0.15) is 0 Å². The van der Waals surface area contributed by atoms with Crippen LogP contribution in [0, 0.1) is 0 Å². The standard InChI is InChI=1S/C11H13ClO2/c1-13-11-6-9(7-14-11)8-2-4-10(12)5-3-8/h2-5,9,11H,6-7H2,1H3. The summed E-state index contributed by atoms with van der Waals surface area (Å²) in [5, 5.41) is 0.774. The van der Waals surface area contributed by atoms with Gasteiger partial charge >= 0.3 is 0 Å². The smallest absolute Gasteiger partial charge is 0.157 e. The molecule has 0 N–H and O–H groups in total. The Labute approximate surface area is 88.8 Å². The number of ether oxygens (including phenoxy) is 2. The molecule has 76 valence electrons. The first-order valence-corrected chi connectivity index (χ1v) is 5.07. The van der Waals surface area contributed by atoms with Crippen molar-refractivity contribution in [2.24, 2.45) is 0 Å². The lowest BCUT2D eigenvalue weighted by Crippen LogP contribution is -2.06. The quantitative estimate of drug-likeness (QED) is 0.751. The first-order valence-electron chi connectivity index (χ1n) is 4.69. The molecule has 1 aliphatic rings. The molecule has 3 heteroatoms. The van der Waals surface area contributed by atoms with Crippen LogP contribution in [0.3, 0.4) is 0 Å². The van der Waals surface area contributed by atoms with Gasteiger partial charge in [-0.1, -0.05) is 23.7 Å². The number of rotatable bonds is 2. The third-order valence-electron chi connectivity index (χ3n) is 2.56. The van der Waals surface area contributed by atoms with Gasteiger partial charge in [-0.05, 0) is 17.7 Å². The molecule has 0 radical (unpaired) electrons. The lowest BCUT2D eigenvalue weighted by Gasteiger charge is -2.07. The first kappa shape index (κ1) is 9.97. The van der Waals surface area contributed by atoms with Crippen molar-refractivity contribution < 1.29 is 9.47 Å². The van der Waals surface area contributed by atoms with Gasteiger partial charge in [-0.15, -0.1) is 0 Å². The van der Waals surface area contributed by atoms with E-state index in [1.165, 1.54) is 5.56 Å². The molecule has 1 fully saturated rings. The monoisotopic (exact) mass is 212 g/mol. The fourth-order valence-electron chi connectivity index (χ4n) is 1.72. The van der Waals surface area contributed by atoms with Crippen molar-refractivity contribution in [3.05, 3.63) is 34.9 Å². The number of methoxy groups -OCH3 is 1. The van der Waals surface area contributed by atoms with Crippen LogP contribution in [0.25, 0.3) is 0 Å². The molecule has 0 aliphatic carbocycles. The van der Waals surface area contributed by atoms with Crippen molar-refractivity contribution in [2.75, 3.05) is 13.7 Å². The molecule has 1 aliphatic heterocycles. The Morgan fingerprint density at radius 2 is 2.07 bits per heavy atom. The molecular weight excluding hydrogens is 200 g/mol. The van der Waals surface area contributed by atoms with Gasteiger partial charge in [0.2, 0.25) is 0 Å². The topological polar surface area (TPSA) is 18.5 Å². The van der Waals surface area contributed by atoms with E-state index in [0.29, 0.717) is 5.92 Å². The van der Waals surface area contributed by atoms with E-state index in [0.717, 1.165) is 18.1 Å². The predicted molar refractivity (Wildman–Crippen MR) is 55.6 cm³/mol. The summed E-state index contributed by atoms with van der Waals surface area (Å²) in [5.74, 6) is 0.442. The third kappa shape index (κ3) is 2.08. The van der Waals surface area contributed by atoms with E-state index in [4.69, 9.17) is 21.1 Å². The molecular formula is C11H13ClO2. The number of halogens is 1. The van der Waals surface area contributed by atoms with Crippen LogP contribution in [0.15, 0.2) is 24.3 Å². The summed E-state index contributed by atoms with van der Waals surface area (Å²) in [4.78, 5) is 0. The largest absolute Gasteiger partial charge is 0.356 e. The van der Waals surface area contributed by atoms with Crippen molar-refractivity contribution in [2.45, 2.75) is 18.6 Å². The van der Waals surface area contributed by atoms with E-state index in [-0.39, 0.29) is 6.29 Å². The molecule has 1 aromatic carbocycles. The highest BCUT2D eigenvalue weighted by atomic mass is 35.5. The van der Waals surface area contributed by atoms with E-state index in [1.807, 2.05) is 12.1 Å². The normalized spacial score (nSPS) is 26.7. The zero-order valence-corrected chi connectivity index (χ0v) is 8.83. The van der Waals surface area contributed by atoms with Gasteiger partial charge in [-0.25, -0.2) is 0 Å². The summed E-state index contributed by atoms with van der Waals surface area (Å²) in [5.41, 5.74) is 1.27. The molecule has 1 saturated heterocycles. The average molecular weight is 213 g/mol. The zero-order valence-electron chi connectivity index (χ0n) is 8.07. The van der Waals surface area contributed by atoms with Gasteiger partial charge in [0, 0.05) is 24.5 Å². The summed E-state index contributed by atoms with van der Waals surface area (Å²) in [6, 6.07) is 7.93. The van der Waals surface area contributed by atoms with E-state index >= 15 is 0 Å². The van der Waals surface area contributed by atoms with Crippen LogP contribution in [0.2, 0.25) is 5.02 Å². The second-order valence-corrected chi connectivity index (χ2v) is 3.92. The van der Waals surface area contributed by atoms with Crippen LogP contribution in [0.1, 0.15) is 17.9 Å². The summed E-state index contributed by atoms with van der Waals surface area (Å²) in [6.45, 7) is 0.736. The van der Waals surface area contributed by atoms with Crippen molar-refractivity contribution in [1.82, 2.24) is 0 Å². The SMILES string of the molecule is COC1CC(c2ccc(Cl)cc2)CO1. The highest BCUT2D eigenvalue weighted by Gasteiger charge is 2.26. The van der Waals surface area contributed by atoms with Crippen LogP contribution in [0.5, 0.6) is 0 Å². The first-order chi connectivity index (χ1) is 6.79. The minimum Gasteiger partial charge on any atom is -0.356 e. The van der Waals surface area contributed by atoms with Crippen LogP contribution in [0.4, 0.5) is 0 Å². The van der Waals surface area contributed by atoms with E-state index < -0.39 is 0 Å². The molecule has 0 aromatic heterocycles. The number of hydrogen-bond donors (Lipinski definition) is 0. The minimum atomic E-state index is -0.0457. The van der Waals surface area contributed by atoms with E-state index in [9.17, 15) is 0 Å². The molecule has 1 aromatic rings. The van der Waals surface area contributed by atoms with Crippen molar-refractivity contribution in [1.29, 1.82) is 0 Å². The summed E-state index contributed by atoms with van der Waals surface area (Å²) < 4.78 is 10.6. The lowest BCUT2D eigenvalue weighted by molar-refractivity contribution is -0.0880. The molecule has 0 spiro atoms. The third-order valence-corrected chi connectivity index (χ3v) is 2.82. The average Bonchev–Trinajstić information content (AvgIpc) is 2.67. The fourth-order valence-corrected chi connectivity index (χ4v) is 1.85. The maximum absolute atomic E-state index is 5.82. The van der Waals surface area contributed by atoms with Gasteiger partial charge in [0.15, 0.2) is 6.29 Å². The molecule has 14 heavy (non-hydrogen) atoms. The van der Waals surface area contributed by atoms with Gasteiger partial charge < -0.3 is 9.47 Å². The predicted octanol–water partition coefficient (Wildman–Crippen LogP) is 2.82. The molecule has 0 saturated carbocycles. The molecule has 0 bridgehead atoms. The van der Waals surface area contributed by atoms with Crippen molar-refractivity contribution in [3.63, 3.8) is 0 Å². The maximum Gasteiger partial charge on any atom is 0.157 e. The Kier molecular flexibility index (Phi) is 3.06. The molecule has 2 atom stereocenters. The van der Waals surface area contributed by atoms with Crippen molar-refractivity contribution in [3.8, 4) is 0 Å². The lowest BCUT2D eigenvalue weighted by atomic mass is 9.98. The highest BCUT2D eigenvalue weighted by molar-refractivity contribution is 6.30. The van der Waals surface area contributed by atoms with Crippen LogP contribution in [-0.2, 0) is 9.47 Å². The summed E-state index contributed by atoms with van der Waals surface area (Å²) in [7, 11) is 1.68. The second-order valence-electron chi connectivity index (χ2n) is 3.48. The summed E-state index contributed by atoms with van der Waals surface area (Å²) >= 11 is 5.82. The minimum absolute atomic E-state index is 0.0457. The fraction of sp³-hybridized carbons (Fsp3) is 0.455. The molecule has 0 amide bonds. The van der Waals surface area contributed by atoms with E-state index in [1.54, 1.807) is 7.11 Å². The van der Waals surface area contributed by atoms with Crippen LogP contribution in [-0.4, -0.2) is 20.0 Å². The molecule has 1 heterocycles. The zero-order chi connectivity index (χ0) is 9.97. The summed E-state index contributed by atoms with van der Waals surface area (Å²) in [6.07, 6.45) is 0.883. The molecule has 2 nitrogen and oxygen atoms in total. The van der Waals surface area contributed by atoms with Crippen LogP contribution >= 0.6 is 11.6 Å². The van der Waals surface area contributed by atoms with Crippen LogP contribution < -0.4 is 0 Å². The Balaban J connectivity index is 2.06. The molecule has 2 unspecified atom stereocenters. The Bertz CT molecular complexity index is 297. The Morgan fingerprint density at radius 1 is 1.36 bits per heavy atom. The van der Waals surface area contributed by atoms with Gasteiger partial charge in [-0.3, -0.25) is 0 Å². The maximum atomic E-state index is 5.82. The van der Waals surface area contributed by atoms with Crippen molar-refractivity contribution >= 4 is 11.6 Å². The van der Waals surface area contributed by atoms with E-state index in [2.05, 4.69) is 12.1 Å². The number of hydrogen-bond acceptors (Lipinski definition) is 2. The van der Waals surface area contributed by atoms with Gasteiger partial charge in [0.25, 0.3) is 0 Å². The molecule has 2 rings (SSSR count). The Morgan fingerprint density at radius 3 is 2.64 bits per heavy atom.